The number of aliphatic hydroxyl groups is 1. The van der Waals surface area contributed by atoms with Crippen molar-refractivity contribution >= 4 is 32.6 Å². The van der Waals surface area contributed by atoms with Gasteiger partial charge in [-0.1, -0.05) is 30.3 Å². The number of hydrogen-bond donors (Lipinski definition) is 3. The molecule has 0 saturated heterocycles. The Bertz CT molecular complexity index is 2280. The lowest BCUT2D eigenvalue weighted by Crippen LogP contribution is -2.42. The molecule has 266 valence electrons. The Labute approximate surface area is 292 Å². The summed E-state index contributed by atoms with van der Waals surface area (Å²) in [7, 11) is -2.39. The van der Waals surface area contributed by atoms with E-state index in [1.54, 1.807) is 37.3 Å². The van der Waals surface area contributed by atoms with Crippen molar-refractivity contribution in [3.63, 3.8) is 0 Å². The molecule has 4 N–H and O–H groups in total. The van der Waals surface area contributed by atoms with Crippen molar-refractivity contribution in [1.82, 2.24) is 20.1 Å². The normalized spacial score (nSPS) is 14.9. The maximum absolute atomic E-state index is 15.6. The Morgan fingerprint density at radius 1 is 1.12 bits per heavy atom. The minimum Gasteiger partial charge on any atom is -0.494 e. The zero-order valence-electron chi connectivity index (χ0n) is 27.9. The van der Waals surface area contributed by atoms with E-state index >= 15 is 4.39 Å². The van der Waals surface area contributed by atoms with E-state index in [0.29, 0.717) is 23.7 Å². The van der Waals surface area contributed by atoms with Crippen molar-refractivity contribution in [2.24, 2.45) is 5.73 Å². The molecule has 0 unspecified atom stereocenters. The molecule has 15 heteroatoms. The summed E-state index contributed by atoms with van der Waals surface area (Å²) in [5, 5.41) is 20.1. The molecular weight excluding hydrogens is 684 g/mol. The van der Waals surface area contributed by atoms with Crippen LogP contribution in [0.15, 0.2) is 77.8 Å². The summed E-state index contributed by atoms with van der Waals surface area (Å²) in [6.45, 7) is 1.24. The van der Waals surface area contributed by atoms with Gasteiger partial charge in [-0.05, 0) is 48.9 Å². The van der Waals surface area contributed by atoms with Gasteiger partial charge in [-0.3, -0.25) is 9.59 Å². The third-order valence-electron chi connectivity index (χ3n) is 8.63. The van der Waals surface area contributed by atoms with Gasteiger partial charge in [0, 0.05) is 47.4 Å². The highest BCUT2D eigenvalue weighted by atomic mass is 32.2. The van der Waals surface area contributed by atoms with Crippen molar-refractivity contribution in [2.45, 2.75) is 42.5 Å². The number of methoxy groups -OCH3 is 1. The van der Waals surface area contributed by atoms with Crippen molar-refractivity contribution in [3.8, 4) is 22.8 Å². The van der Waals surface area contributed by atoms with Crippen molar-refractivity contribution in [1.29, 1.82) is 0 Å². The number of carbonyl (C=O) groups excluding carboxylic acids is 2. The highest BCUT2D eigenvalue weighted by Gasteiger charge is 2.46. The largest absolute Gasteiger partial charge is 0.494 e. The third kappa shape index (κ3) is 6.99. The number of nitrogens with one attached hydrogen (secondary N) is 1. The first-order chi connectivity index (χ1) is 24.2. The van der Waals surface area contributed by atoms with Crippen LogP contribution < -0.4 is 20.5 Å². The first-order valence-electron chi connectivity index (χ1n) is 15.9. The fraction of sp³-hybridized carbons (Fsp3) is 0.278. The lowest BCUT2D eigenvalue weighted by Gasteiger charge is -2.30. The first kappa shape index (κ1) is 35.4. The van der Waals surface area contributed by atoms with Crippen molar-refractivity contribution in [2.75, 3.05) is 26.5 Å². The van der Waals surface area contributed by atoms with E-state index in [4.69, 9.17) is 15.2 Å². The molecule has 1 saturated carbocycles. The number of benzene rings is 3. The molecule has 1 aliphatic carbocycles. The van der Waals surface area contributed by atoms with Crippen LogP contribution in [0.1, 0.15) is 46.9 Å². The van der Waals surface area contributed by atoms with Gasteiger partial charge in [0.1, 0.15) is 34.1 Å². The summed E-state index contributed by atoms with van der Waals surface area (Å²) in [5.41, 5.74) is 3.81. The lowest BCUT2D eigenvalue weighted by atomic mass is 9.87. The smallest absolute Gasteiger partial charge is 0.251 e. The van der Waals surface area contributed by atoms with Gasteiger partial charge >= 0.3 is 0 Å². The monoisotopic (exact) mass is 719 g/mol. The van der Waals surface area contributed by atoms with Crippen LogP contribution in [0.3, 0.4) is 0 Å². The molecule has 2 heterocycles. The molecule has 5 aromatic rings. The number of sulfone groups is 1. The zero-order chi connectivity index (χ0) is 36.7. The first-order valence-corrected chi connectivity index (χ1v) is 17.8. The fourth-order valence-electron chi connectivity index (χ4n) is 5.81. The number of rotatable bonds is 13. The van der Waals surface area contributed by atoms with E-state index < -0.39 is 51.8 Å². The number of nitrogens with two attached hydrogens (primary N) is 1. The Balaban J connectivity index is 1.47. The van der Waals surface area contributed by atoms with Crippen LogP contribution in [0, 0.1) is 5.82 Å². The summed E-state index contributed by atoms with van der Waals surface area (Å²) < 4.78 is 67.8. The van der Waals surface area contributed by atoms with E-state index in [2.05, 4.69) is 15.4 Å². The van der Waals surface area contributed by atoms with Crippen molar-refractivity contribution in [3.05, 3.63) is 101 Å². The van der Waals surface area contributed by atoms with E-state index in [1.165, 1.54) is 36.2 Å². The second kappa shape index (κ2) is 13.4. The SMILES string of the molecule is CCOc1c(CC(N)=O)cc([C@@](O)(CNC(=O)c2cc(OC)c3nn(C4(F)CC4)cc3c2)c2ccccc2)nc1-c1cc(S(C)(=O)=O)ccc1F. The molecule has 2 amide bonds. The highest BCUT2D eigenvalue weighted by Crippen LogP contribution is 2.45. The van der Waals surface area contributed by atoms with Crippen molar-refractivity contribution < 1.29 is 41.4 Å². The second-order valence-electron chi connectivity index (χ2n) is 12.4. The number of nitrogens with zero attached hydrogens (tertiary/aromatic N) is 3. The van der Waals surface area contributed by atoms with Gasteiger partial charge in [-0.15, -0.1) is 0 Å². The Hall–Kier alpha value is -5.41. The fourth-order valence-corrected chi connectivity index (χ4v) is 6.46. The topological polar surface area (TPSA) is 176 Å². The van der Waals surface area contributed by atoms with Crippen LogP contribution in [0.2, 0.25) is 0 Å². The number of hydrogen-bond acceptors (Lipinski definition) is 9. The maximum Gasteiger partial charge on any atom is 0.251 e. The molecule has 6 rings (SSSR count). The van der Waals surface area contributed by atoms with Crippen LogP contribution in [-0.2, 0) is 32.4 Å². The van der Waals surface area contributed by atoms with Gasteiger partial charge in [0.25, 0.3) is 5.91 Å². The lowest BCUT2D eigenvalue weighted by molar-refractivity contribution is -0.117. The van der Waals surface area contributed by atoms with Crippen LogP contribution in [0.25, 0.3) is 22.2 Å². The highest BCUT2D eigenvalue weighted by molar-refractivity contribution is 7.90. The summed E-state index contributed by atoms with van der Waals surface area (Å²) in [6.07, 6.45) is 2.72. The summed E-state index contributed by atoms with van der Waals surface area (Å²) in [5.74, 6) is -3.62. The third-order valence-corrected chi connectivity index (χ3v) is 9.74. The quantitative estimate of drug-likeness (QED) is 0.151. The Kier molecular flexibility index (Phi) is 9.29. The number of alkyl halides is 1. The van der Waals surface area contributed by atoms with E-state index in [-0.39, 0.29) is 56.6 Å². The summed E-state index contributed by atoms with van der Waals surface area (Å²) in [4.78, 5) is 30.4. The number of primary amides is 1. The molecule has 0 bridgehead atoms. The molecule has 0 radical (unpaired) electrons. The number of amides is 2. The Morgan fingerprint density at radius 2 is 1.84 bits per heavy atom. The van der Waals surface area contributed by atoms with Gasteiger partial charge in [0.15, 0.2) is 9.84 Å². The number of fused-ring (bicyclic) bond motifs is 1. The van der Waals surface area contributed by atoms with Gasteiger partial charge in [-0.25, -0.2) is 26.9 Å². The average Bonchev–Trinajstić information content (AvgIpc) is 3.69. The Morgan fingerprint density at radius 3 is 2.47 bits per heavy atom. The molecule has 1 fully saturated rings. The zero-order valence-corrected chi connectivity index (χ0v) is 28.8. The standard InChI is InChI=1S/C36H35F2N5O7S/c1-4-50-33-21(17-30(39)44)16-29(41-32(33)26-18-25(51(3,47)48)10-11-27(26)37)36(46,24-8-6-5-7-9-24)20-40-34(45)22-14-23-19-43(35(38)12-13-35)42-31(23)28(15-22)49-2/h5-11,14-16,18-19,46H,4,12-13,17,20H2,1-3H3,(H2,39,44)(H,40,45)/t36-/m1/s1. The van der Waals surface area contributed by atoms with Gasteiger partial charge in [0.05, 0.1) is 37.3 Å². The number of halogens is 2. The molecule has 51 heavy (non-hydrogen) atoms. The number of ether oxygens (including phenoxy) is 2. The van der Waals surface area contributed by atoms with Crippen LogP contribution >= 0.6 is 0 Å². The van der Waals surface area contributed by atoms with Crippen LogP contribution in [0.5, 0.6) is 11.5 Å². The number of pyridine rings is 1. The molecular formula is C36H35F2N5O7S. The summed E-state index contributed by atoms with van der Waals surface area (Å²) in [6, 6.07) is 15.8. The number of aromatic nitrogens is 3. The maximum atomic E-state index is 15.6. The molecule has 0 aliphatic heterocycles. The second-order valence-corrected chi connectivity index (χ2v) is 14.4. The van der Waals surface area contributed by atoms with Crippen LogP contribution in [-0.4, -0.2) is 66.6 Å². The molecule has 12 nitrogen and oxygen atoms in total. The van der Waals surface area contributed by atoms with Gasteiger partial charge in [0.2, 0.25) is 11.7 Å². The number of carbonyl (C=O) groups is 2. The molecule has 3 aromatic carbocycles. The van der Waals surface area contributed by atoms with Gasteiger partial charge < -0.3 is 25.6 Å². The van der Waals surface area contributed by atoms with E-state index in [9.17, 15) is 27.5 Å². The minimum absolute atomic E-state index is 0.0359. The predicted octanol–water partition coefficient (Wildman–Crippen LogP) is 4.16. The van der Waals surface area contributed by atoms with E-state index in [1.807, 2.05) is 0 Å². The summed E-state index contributed by atoms with van der Waals surface area (Å²) >= 11 is 0. The predicted molar refractivity (Wildman–Crippen MR) is 183 cm³/mol. The average molecular weight is 720 g/mol. The minimum atomic E-state index is -3.79. The molecule has 1 aliphatic rings. The van der Waals surface area contributed by atoms with E-state index in [0.717, 1.165) is 24.5 Å². The molecule has 0 spiro atoms. The molecule has 1 atom stereocenters. The van der Waals surface area contributed by atoms with Gasteiger partial charge in [-0.2, -0.15) is 5.10 Å². The molecule has 2 aromatic heterocycles. The van der Waals surface area contributed by atoms with Crippen LogP contribution in [0.4, 0.5) is 8.78 Å².